The highest BCUT2D eigenvalue weighted by atomic mass is 16.5. The van der Waals surface area contributed by atoms with Crippen molar-refractivity contribution in [2.45, 2.75) is 6.92 Å². The van der Waals surface area contributed by atoms with Crippen LogP contribution in [0.1, 0.15) is 5.56 Å². The van der Waals surface area contributed by atoms with Gasteiger partial charge in [-0.25, -0.2) is 4.98 Å². The summed E-state index contributed by atoms with van der Waals surface area (Å²) in [5.74, 6) is 2.48. The van der Waals surface area contributed by atoms with Crippen LogP contribution in [-0.2, 0) is 0 Å². The molecule has 1 aliphatic rings. The van der Waals surface area contributed by atoms with Crippen molar-refractivity contribution in [1.82, 2.24) is 9.97 Å². The van der Waals surface area contributed by atoms with Crippen molar-refractivity contribution in [1.29, 1.82) is 0 Å². The van der Waals surface area contributed by atoms with E-state index in [1.165, 1.54) is 5.56 Å². The van der Waals surface area contributed by atoms with Crippen LogP contribution >= 0.6 is 0 Å². The second-order valence-electron chi connectivity index (χ2n) is 6.88. The third-order valence-electron chi connectivity index (χ3n) is 4.92. The standard InChI is InChI=1S/C22H25N5O/c1-17-6-5-7-18(16-17)24-21-10-11-23-22(25-21)27-14-12-26(13-15-27)19-8-3-4-9-20(19)28-2/h3-11,16H,12-15H2,1-2H3,(H,23,24,25). The van der Waals surface area contributed by atoms with Gasteiger partial charge in [0.05, 0.1) is 12.8 Å². The summed E-state index contributed by atoms with van der Waals surface area (Å²) >= 11 is 0. The number of methoxy groups -OCH3 is 1. The van der Waals surface area contributed by atoms with E-state index in [4.69, 9.17) is 9.72 Å². The molecule has 1 fully saturated rings. The number of aromatic nitrogens is 2. The highest BCUT2D eigenvalue weighted by Gasteiger charge is 2.21. The van der Waals surface area contributed by atoms with Gasteiger partial charge >= 0.3 is 0 Å². The molecule has 0 unspecified atom stereocenters. The zero-order valence-electron chi connectivity index (χ0n) is 16.3. The van der Waals surface area contributed by atoms with Crippen molar-refractivity contribution in [3.63, 3.8) is 0 Å². The molecule has 2 heterocycles. The smallest absolute Gasteiger partial charge is 0.227 e. The molecule has 2 aromatic carbocycles. The molecular weight excluding hydrogens is 350 g/mol. The second kappa shape index (κ2) is 8.17. The summed E-state index contributed by atoms with van der Waals surface area (Å²) in [5, 5.41) is 3.37. The van der Waals surface area contributed by atoms with E-state index in [-0.39, 0.29) is 0 Å². The van der Waals surface area contributed by atoms with E-state index in [0.29, 0.717) is 0 Å². The van der Waals surface area contributed by atoms with Gasteiger partial charge in [-0.1, -0.05) is 24.3 Å². The van der Waals surface area contributed by atoms with Crippen LogP contribution in [-0.4, -0.2) is 43.3 Å². The summed E-state index contributed by atoms with van der Waals surface area (Å²) in [6.45, 7) is 5.62. The van der Waals surface area contributed by atoms with Gasteiger partial charge in [-0.05, 0) is 42.8 Å². The fourth-order valence-electron chi connectivity index (χ4n) is 3.48. The summed E-state index contributed by atoms with van der Waals surface area (Å²) in [6, 6.07) is 18.3. The maximum atomic E-state index is 5.50. The average molecular weight is 375 g/mol. The van der Waals surface area contributed by atoms with Crippen molar-refractivity contribution >= 4 is 23.1 Å². The minimum absolute atomic E-state index is 0.761. The lowest BCUT2D eigenvalue weighted by molar-refractivity contribution is 0.413. The predicted octanol–water partition coefficient (Wildman–Crippen LogP) is 3.86. The molecule has 6 heteroatoms. The molecule has 4 rings (SSSR count). The molecule has 0 radical (unpaired) electrons. The van der Waals surface area contributed by atoms with E-state index in [9.17, 15) is 0 Å². The number of hydrogen-bond donors (Lipinski definition) is 1. The molecule has 0 atom stereocenters. The van der Waals surface area contributed by atoms with E-state index in [0.717, 1.165) is 55.1 Å². The van der Waals surface area contributed by atoms with Gasteiger partial charge in [0, 0.05) is 38.1 Å². The Bertz CT molecular complexity index is 937. The quantitative estimate of drug-likeness (QED) is 0.731. The Morgan fingerprint density at radius 3 is 2.50 bits per heavy atom. The van der Waals surface area contributed by atoms with E-state index >= 15 is 0 Å². The van der Waals surface area contributed by atoms with Gasteiger partial charge in [0.2, 0.25) is 5.95 Å². The number of aryl methyl sites for hydroxylation is 1. The van der Waals surface area contributed by atoms with Gasteiger partial charge < -0.3 is 19.9 Å². The first-order valence-electron chi connectivity index (χ1n) is 9.52. The molecule has 1 saturated heterocycles. The Hall–Kier alpha value is -3.28. The molecule has 1 aliphatic heterocycles. The number of hydrogen-bond acceptors (Lipinski definition) is 6. The van der Waals surface area contributed by atoms with Crippen molar-refractivity contribution in [3.05, 3.63) is 66.4 Å². The summed E-state index contributed by atoms with van der Waals surface area (Å²) in [6.07, 6.45) is 1.81. The SMILES string of the molecule is COc1ccccc1N1CCN(c2nccc(Nc3cccc(C)c3)n2)CC1. The number of anilines is 4. The lowest BCUT2D eigenvalue weighted by Crippen LogP contribution is -2.47. The fourth-order valence-corrected chi connectivity index (χ4v) is 3.48. The van der Waals surface area contributed by atoms with Crippen LogP contribution in [0, 0.1) is 6.92 Å². The number of nitrogens with zero attached hydrogens (tertiary/aromatic N) is 4. The fraction of sp³-hybridized carbons (Fsp3) is 0.273. The molecule has 0 spiro atoms. The molecule has 1 N–H and O–H groups in total. The van der Waals surface area contributed by atoms with Crippen LogP contribution in [0.25, 0.3) is 0 Å². The number of piperazine rings is 1. The van der Waals surface area contributed by atoms with E-state index in [1.807, 2.05) is 42.6 Å². The van der Waals surface area contributed by atoms with E-state index in [1.54, 1.807) is 7.11 Å². The molecule has 0 saturated carbocycles. The lowest BCUT2D eigenvalue weighted by Gasteiger charge is -2.36. The van der Waals surface area contributed by atoms with Crippen molar-refractivity contribution in [2.24, 2.45) is 0 Å². The number of rotatable bonds is 5. The van der Waals surface area contributed by atoms with Crippen LogP contribution in [0.2, 0.25) is 0 Å². The summed E-state index contributed by atoms with van der Waals surface area (Å²) in [7, 11) is 1.72. The number of nitrogens with one attached hydrogen (secondary N) is 1. The lowest BCUT2D eigenvalue weighted by atomic mass is 10.2. The zero-order valence-corrected chi connectivity index (χ0v) is 16.3. The molecule has 0 bridgehead atoms. The van der Waals surface area contributed by atoms with Crippen LogP contribution in [0.5, 0.6) is 5.75 Å². The van der Waals surface area contributed by atoms with Gasteiger partial charge in [-0.2, -0.15) is 4.98 Å². The second-order valence-corrected chi connectivity index (χ2v) is 6.88. The van der Waals surface area contributed by atoms with Gasteiger partial charge in [0.25, 0.3) is 0 Å². The van der Waals surface area contributed by atoms with Crippen molar-refractivity contribution in [2.75, 3.05) is 48.4 Å². The Morgan fingerprint density at radius 1 is 0.929 bits per heavy atom. The topological polar surface area (TPSA) is 53.5 Å². The molecule has 3 aromatic rings. The average Bonchev–Trinajstić information content (AvgIpc) is 2.74. The van der Waals surface area contributed by atoms with Gasteiger partial charge in [-0.3, -0.25) is 0 Å². The van der Waals surface area contributed by atoms with Crippen LogP contribution < -0.4 is 19.9 Å². The molecule has 0 amide bonds. The Labute approximate surface area is 165 Å². The maximum Gasteiger partial charge on any atom is 0.227 e. The normalized spacial score (nSPS) is 14.1. The molecule has 6 nitrogen and oxygen atoms in total. The molecule has 0 aliphatic carbocycles. The first kappa shape index (κ1) is 18.1. The number of ether oxygens (including phenoxy) is 1. The van der Waals surface area contributed by atoms with Crippen LogP contribution in [0.3, 0.4) is 0 Å². The zero-order chi connectivity index (χ0) is 19.3. The third-order valence-corrected chi connectivity index (χ3v) is 4.92. The summed E-state index contributed by atoms with van der Waals surface area (Å²) in [5.41, 5.74) is 3.39. The van der Waals surface area contributed by atoms with Gasteiger partial charge in [-0.15, -0.1) is 0 Å². The van der Waals surface area contributed by atoms with Gasteiger partial charge in [0.15, 0.2) is 0 Å². The van der Waals surface area contributed by atoms with Crippen molar-refractivity contribution in [3.8, 4) is 5.75 Å². The monoisotopic (exact) mass is 375 g/mol. The number of para-hydroxylation sites is 2. The van der Waals surface area contributed by atoms with E-state index < -0.39 is 0 Å². The minimum atomic E-state index is 0.761. The molecule has 1 aromatic heterocycles. The number of benzene rings is 2. The summed E-state index contributed by atoms with van der Waals surface area (Å²) in [4.78, 5) is 13.8. The Balaban J connectivity index is 1.43. The van der Waals surface area contributed by atoms with Gasteiger partial charge in [0.1, 0.15) is 11.6 Å². The highest BCUT2D eigenvalue weighted by Crippen LogP contribution is 2.29. The Kier molecular flexibility index (Phi) is 5.28. The first-order valence-corrected chi connectivity index (χ1v) is 9.52. The predicted molar refractivity (Wildman–Crippen MR) is 114 cm³/mol. The van der Waals surface area contributed by atoms with Crippen molar-refractivity contribution < 1.29 is 4.74 Å². The van der Waals surface area contributed by atoms with E-state index in [2.05, 4.69) is 45.2 Å². The van der Waals surface area contributed by atoms with Crippen LogP contribution in [0.4, 0.5) is 23.1 Å². The molecular formula is C22H25N5O. The molecule has 144 valence electrons. The highest BCUT2D eigenvalue weighted by molar-refractivity contribution is 5.60. The van der Waals surface area contributed by atoms with Crippen LogP contribution in [0.15, 0.2) is 60.8 Å². The first-order chi connectivity index (χ1) is 13.7. The summed E-state index contributed by atoms with van der Waals surface area (Å²) < 4.78 is 5.50. The third kappa shape index (κ3) is 4.01. The minimum Gasteiger partial charge on any atom is -0.495 e. The molecule has 28 heavy (non-hydrogen) atoms. The largest absolute Gasteiger partial charge is 0.495 e. The Morgan fingerprint density at radius 2 is 1.71 bits per heavy atom. The maximum absolute atomic E-state index is 5.50.